The van der Waals surface area contributed by atoms with E-state index in [1.165, 1.54) is 5.32 Å². The van der Waals surface area contributed by atoms with Gasteiger partial charge in [-0.3, -0.25) is 0 Å². The van der Waals surface area contributed by atoms with E-state index in [0.29, 0.717) is 0 Å². The highest BCUT2D eigenvalue weighted by Gasteiger charge is 1.94. The molecule has 0 saturated heterocycles. The summed E-state index contributed by atoms with van der Waals surface area (Å²) in [7, 11) is 0. The Morgan fingerprint density at radius 3 is 1.18 bits per heavy atom. The van der Waals surface area contributed by atoms with Gasteiger partial charge in [-0.2, -0.15) is 0 Å². The van der Waals surface area contributed by atoms with E-state index >= 15 is 0 Å². The normalized spacial score (nSPS) is 4.00. The number of rotatable bonds is 0. The molecule has 3 amide bonds. The molecule has 0 saturated carbocycles. The van der Waals surface area contributed by atoms with E-state index in [9.17, 15) is 9.59 Å². The first-order valence-electron chi connectivity index (χ1n) is 2.33. The Kier molecular flexibility index (Phi) is 138. The first-order valence-corrected chi connectivity index (χ1v) is 2.33. The average Bonchev–Trinajstić information content (AvgIpc) is 1.86. The van der Waals surface area contributed by atoms with Gasteiger partial charge >= 0.3 is 12.1 Å². The van der Waals surface area contributed by atoms with Gasteiger partial charge in [-0.15, -0.1) is 0 Å². The van der Waals surface area contributed by atoms with Crippen LogP contribution < -0.4 is 11.1 Å². The summed E-state index contributed by atoms with van der Waals surface area (Å²) in [5, 5.41) is 19.8. The maximum Gasteiger partial charge on any atom is 0.412 e. The monoisotopic (exact) mass is 254 g/mol. The van der Waals surface area contributed by atoms with Crippen molar-refractivity contribution in [3.63, 3.8) is 0 Å². The van der Waals surface area contributed by atoms with Crippen LogP contribution in [0.15, 0.2) is 0 Å². The summed E-state index contributed by atoms with van der Waals surface area (Å²) in [6, 6.07) is -1.06. The minimum atomic E-state index is -1.44. The molecule has 9 heteroatoms. The Morgan fingerprint density at radius 2 is 1.18 bits per heavy atom. The number of nitrogens with one attached hydrogen (secondary N) is 3. The highest BCUT2D eigenvalue weighted by atomic mass is 16.4. The molecule has 0 heterocycles. The van der Waals surface area contributed by atoms with Gasteiger partial charge in [-0.25, -0.2) is 35.3 Å². The Balaban J connectivity index is -0.0000000177. The van der Waals surface area contributed by atoms with Crippen LogP contribution in [0, 0.1) is 10.8 Å². The first-order chi connectivity index (χ1) is 5.95. The molecule has 104 valence electrons. The fraction of sp³-hybridized carbons (Fsp3) is 0.500. The van der Waals surface area contributed by atoms with Gasteiger partial charge in [-0.05, 0) is 0 Å². The number of carboxylic acid groups (broad SMARTS) is 1. The van der Waals surface area contributed by atoms with Gasteiger partial charge in [0.15, 0.2) is 0 Å². The lowest BCUT2D eigenvalue weighted by molar-refractivity contribution is 0.193. The number of hydrogen-bond donors (Lipinski definition) is 5. The molecule has 0 aromatic heterocycles. The molecule has 0 atom stereocenters. The maximum atomic E-state index is 9.54. The van der Waals surface area contributed by atoms with E-state index in [1.54, 1.807) is 0 Å². The number of primary amides is 1. The van der Waals surface area contributed by atoms with Crippen molar-refractivity contribution in [1.82, 2.24) is 5.32 Å². The minimum Gasteiger partial charge on any atom is -0.465 e. The van der Waals surface area contributed by atoms with E-state index in [1.807, 2.05) is 0 Å². The van der Waals surface area contributed by atoms with Gasteiger partial charge in [0, 0.05) is 0 Å². The Bertz CT molecular complexity index is 206. The molecule has 0 aliphatic rings. The van der Waals surface area contributed by atoms with Crippen LogP contribution in [0.5, 0.6) is 0 Å². The van der Waals surface area contributed by atoms with Crippen LogP contribution in [0.1, 0.15) is 29.7 Å². The maximum absolute atomic E-state index is 9.54. The van der Waals surface area contributed by atoms with Crippen LogP contribution in [-0.4, -0.2) is 29.4 Å². The number of carbonyl (C=O) groups is 2. The summed E-state index contributed by atoms with van der Waals surface area (Å²) in [5.41, 5.74) is 4.36. The average molecular weight is 254 g/mol. The molecule has 0 bridgehead atoms. The van der Waals surface area contributed by atoms with Gasteiger partial charge in [0.25, 0.3) is 0 Å². The van der Waals surface area contributed by atoms with E-state index in [2.05, 4.69) is 5.73 Å². The number of carbonyl (C=O) groups excluding carboxylic acids is 3. The van der Waals surface area contributed by atoms with Crippen molar-refractivity contribution in [1.29, 1.82) is 10.8 Å². The van der Waals surface area contributed by atoms with Gasteiger partial charge in [0.2, 0.25) is 12.2 Å². The smallest absolute Gasteiger partial charge is 0.412 e. The van der Waals surface area contributed by atoms with Crippen LogP contribution in [0.2, 0.25) is 0 Å². The van der Waals surface area contributed by atoms with Gasteiger partial charge in [-0.1, -0.05) is 29.7 Å². The van der Waals surface area contributed by atoms with Crippen molar-refractivity contribution in [3.8, 4) is 0 Å². The predicted molar refractivity (Wildman–Crippen MR) is 64.5 cm³/mol. The highest BCUT2D eigenvalue weighted by Crippen LogP contribution is 1.55. The van der Waals surface area contributed by atoms with Gasteiger partial charge < -0.3 is 10.8 Å². The standard InChI is InChI=1S/C2H4N2O3.2CHNO.4CH4/c3-1(5)4-2(6)7;2*2-1-3;;;;/h(H,6,7)(H3,3,4,5);2*2H;4*1H4. The summed E-state index contributed by atoms with van der Waals surface area (Å²) < 4.78 is 0. The molecule has 0 aliphatic heterocycles. The number of urea groups is 1. The lowest BCUT2D eigenvalue weighted by Gasteiger charge is -1.86. The van der Waals surface area contributed by atoms with Crippen molar-refractivity contribution in [2.45, 2.75) is 29.7 Å². The molecule has 0 radical (unpaired) electrons. The number of nitrogens with two attached hydrogens (primary N) is 1. The molecule has 0 rings (SSSR count). The van der Waals surface area contributed by atoms with E-state index in [-0.39, 0.29) is 29.7 Å². The van der Waals surface area contributed by atoms with Crippen LogP contribution >= 0.6 is 0 Å². The fourth-order valence-corrected chi connectivity index (χ4v) is 0.105. The number of hydrogen-bond acceptors (Lipinski definition) is 6. The topological polar surface area (TPSA) is 174 Å². The van der Waals surface area contributed by atoms with E-state index in [4.69, 9.17) is 25.5 Å². The molecule has 0 aromatic carbocycles. The van der Waals surface area contributed by atoms with Crippen LogP contribution in [0.25, 0.3) is 0 Å². The second-order valence-corrected chi connectivity index (χ2v) is 0.999. The summed E-state index contributed by atoms with van der Waals surface area (Å²) in [5.74, 6) is 0. The molecule has 6 N–H and O–H groups in total. The van der Waals surface area contributed by atoms with Crippen LogP contribution in [0.4, 0.5) is 9.59 Å². The van der Waals surface area contributed by atoms with Gasteiger partial charge in [0.05, 0.1) is 0 Å². The Labute approximate surface area is 101 Å². The summed E-state index contributed by atoms with van der Waals surface area (Å²) in [6.07, 6.45) is 0.0625. The van der Waals surface area contributed by atoms with E-state index in [0.717, 1.165) is 12.2 Å². The molecule has 9 nitrogen and oxygen atoms in total. The third kappa shape index (κ3) is 794. The molecule has 0 aliphatic carbocycles. The SMILES string of the molecule is C.C.C.C.N=C=O.N=C=O.NC(=O)NC(=O)O. The second kappa shape index (κ2) is 49.9. The van der Waals surface area contributed by atoms with Crippen molar-refractivity contribution in [3.05, 3.63) is 0 Å². The van der Waals surface area contributed by atoms with Crippen molar-refractivity contribution >= 4 is 24.3 Å². The number of isocyanates is 2. The van der Waals surface area contributed by atoms with E-state index < -0.39 is 12.1 Å². The molecule has 0 unspecified atom stereocenters. The largest absolute Gasteiger partial charge is 0.465 e. The van der Waals surface area contributed by atoms with Crippen molar-refractivity contribution < 1.29 is 24.3 Å². The zero-order valence-corrected chi connectivity index (χ0v) is 6.16. The molecular formula is C8H22N4O5. The lowest BCUT2D eigenvalue weighted by Crippen LogP contribution is -2.33. The van der Waals surface area contributed by atoms with Crippen LogP contribution in [0.3, 0.4) is 0 Å². The summed E-state index contributed by atoms with van der Waals surface area (Å²) in [4.78, 5) is 35.6. The zero-order valence-electron chi connectivity index (χ0n) is 6.16. The third-order valence-electron chi connectivity index (χ3n) is 0.230. The molecule has 0 fully saturated rings. The molecule has 0 spiro atoms. The quantitative estimate of drug-likeness (QED) is 0.326. The number of imide groups is 1. The minimum absolute atomic E-state index is 0. The summed E-state index contributed by atoms with van der Waals surface area (Å²) in [6.45, 7) is 0. The summed E-state index contributed by atoms with van der Waals surface area (Å²) >= 11 is 0. The molecular weight excluding hydrogens is 232 g/mol. The Hall–Kier alpha value is -2.50. The van der Waals surface area contributed by atoms with Gasteiger partial charge in [0.1, 0.15) is 0 Å². The number of amides is 3. The third-order valence-corrected chi connectivity index (χ3v) is 0.230. The zero-order chi connectivity index (χ0) is 11.3. The molecule has 17 heavy (non-hydrogen) atoms. The second-order valence-electron chi connectivity index (χ2n) is 0.999. The highest BCUT2D eigenvalue weighted by molar-refractivity contribution is 5.88. The predicted octanol–water partition coefficient (Wildman–Crippen LogP) is 1.68. The Morgan fingerprint density at radius 1 is 1.00 bits per heavy atom. The molecule has 0 aromatic rings. The van der Waals surface area contributed by atoms with Crippen molar-refractivity contribution in [2.24, 2.45) is 5.73 Å². The lowest BCUT2D eigenvalue weighted by atomic mass is 11.0. The van der Waals surface area contributed by atoms with Crippen LogP contribution in [-0.2, 0) is 9.59 Å². The fourth-order valence-electron chi connectivity index (χ4n) is 0.105. The first kappa shape index (κ1) is 47.0. The van der Waals surface area contributed by atoms with Crippen molar-refractivity contribution in [2.75, 3.05) is 0 Å².